The van der Waals surface area contributed by atoms with Crippen LogP contribution in [-0.4, -0.2) is 31.1 Å². The fraction of sp³-hybridized carbons (Fsp3) is 0.389. The molecule has 0 aliphatic carbocycles. The molecule has 6 heteroatoms. The zero-order valence-electron chi connectivity index (χ0n) is 14.0. The van der Waals surface area contributed by atoms with Crippen LogP contribution in [0.3, 0.4) is 0 Å². The molecule has 1 heterocycles. The molecule has 0 radical (unpaired) electrons. The van der Waals surface area contributed by atoms with E-state index in [4.69, 9.17) is 9.15 Å². The van der Waals surface area contributed by atoms with Crippen LogP contribution < -0.4 is 5.32 Å². The number of carbonyl (C=O) groups is 1. The van der Waals surface area contributed by atoms with Crippen molar-refractivity contribution in [3.8, 4) is 0 Å². The van der Waals surface area contributed by atoms with Crippen molar-refractivity contribution in [1.29, 1.82) is 0 Å². The van der Waals surface area contributed by atoms with Gasteiger partial charge < -0.3 is 19.4 Å². The number of hydrogen-bond donors (Lipinski definition) is 1. The summed E-state index contributed by atoms with van der Waals surface area (Å²) in [5.74, 6) is 0.466. The Labute approximate surface area is 141 Å². The van der Waals surface area contributed by atoms with E-state index in [-0.39, 0.29) is 17.9 Å². The second kappa shape index (κ2) is 9.08. The van der Waals surface area contributed by atoms with E-state index in [0.29, 0.717) is 31.7 Å². The molecule has 1 atom stereocenters. The van der Waals surface area contributed by atoms with Gasteiger partial charge in [-0.05, 0) is 31.5 Å². The molecule has 5 nitrogen and oxygen atoms in total. The smallest absolute Gasteiger partial charge is 0.317 e. The number of benzene rings is 1. The Hall–Kier alpha value is -2.34. The molecule has 0 bridgehead atoms. The molecule has 1 aromatic carbocycles. The van der Waals surface area contributed by atoms with E-state index in [2.05, 4.69) is 5.32 Å². The number of furan rings is 1. The first kappa shape index (κ1) is 18.0. The lowest BCUT2D eigenvalue weighted by molar-refractivity contribution is 0.104. The molecule has 0 fully saturated rings. The normalized spacial score (nSPS) is 12.0. The SMILES string of the molecule is CC(c1ccccc1F)N(C)C(=O)NCCCOCc1ccco1. The van der Waals surface area contributed by atoms with Gasteiger partial charge in [-0.2, -0.15) is 0 Å². The van der Waals surface area contributed by atoms with Gasteiger partial charge in [0.15, 0.2) is 0 Å². The highest BCUT2D eigenvalue weighted by Gasteiger charge is 2.19. The Kier molecular flexibility index (Phi) is 6.81. The summed E-state index contributed by atoms with van der Waals surface area (Å²) in [5, 5.41) is 2.81. The maximum absolute atomic E-state index is 13.8. The third kappa shape index (κ3) is 5.09. The van der Waals surface area contributed by atoms with Gasteiger partial charge in [0.2, 0.25) is 0 Å². The van der Waals surface area contributed by atoms with E-state index < -0.39 is 0 Å². The number of amides is 2. The Morgan fingerprint density at radius 2 is 2.12 bits per heavy atom. The van der Waals surface area contributed by atoms with Crippen LogP contribution >= 0.6 is 0 Å². The van der Waals surface area contributed by atoms with E-state index in [9.17, 15) is 9.18 Å². The topological polar surface area (TPSA) is 54.7 Å². The minimum absolute atomic E-state index is 0.239. The largest absolute Gasteiger partial charge is 0.467 e. The average molecular weight is 334 g/mol. The number of halogens is 1. The molecule has 0 saturated heterocycles. The highest BCUT2D eigenvalue weighted by Crippen LogP contribution is 2.21. The molecule has 2 rings (SSSR count). The van der Waals surface area contributed by atoms with Crippen molar-refractivity contribution < 1.29 is 18.3 Å². The summed E-state index contributed by atoms with van der Waals surface area (Å²) in [4.78, 5) is 13.6. The van der Waals surface area contributed by atoms with Gasteiger partial charge in [0, 0.05) is 25.8 Å². The van der Waals surface area contributed by atoms with Gasteiger partial charge in [-0.3, -0.25) is 0 Å². The van der Waals surface area contributed by atoms with Crippen molar-refractivity contribution in [2.45, 2.75) is 26.0 Å². The fourth-order valence-corrected chi connectivity index (χ4v) is 2.26. The lowest BCUT2D eigenvalue weighted by atomic mass is 10.1. The zero-order valence-corrected chi connectivity index (χ0v) is 14.0. The number of hydrogen-bond acceptors (Lipinski definition) is 3. The average Bonchev–Trinajstić information content (AvgIpc) is 3.10. The van der Waals surface area contributed by atoms with Crippen LogP contribution in [0.1, 0.15) is 30.7 Å². The fourth-order valence-electron chi connectivity index (χ4n) is 2.26. The maximum Gasteiger partial charge on any atom is 0.317 e. The van der Waals surface area contributed by atoms with Crippen molar-refractivity contribution in [3.05, 3.63) is 59.8 Å². The van der Waals surface area contributed by atoms with Crippen LogP contribution in [0.15, 0.2) is 47.1 Å². The van der Waals surface area contributed by atoms with Gasteiger partial charge in [0.25, 0.3) is 0 Å². The van der Waals surface area contributed by atoms with Crippen LogP contribution in [0.2, 0.25) is 0 Å². The van der Waals surface area contributed by atoms with Gasteiger partial charge in [-0.25, -0.2) is 9.18 Å². The molecule has 0 spiro atoms. The molecule has 2 aromatic rings. The summed E-state index contributed by atoms with van der Waals surface area (Å²) >= 11 is 0. The number of nitrogens with zero attached hydrogens (tertiary/aromatic N) is 1. The molecule has 130 valence electrons. The van der Waals surface area contributed by atoms with E-state index in [1.165, 1.54) is 11.0 Å². The van der Waals surface area contributed by atoms with Crippen molar-refractivity contribution in [2.24, 2.45) is 0 Å². The molecule has 1 aromatic heterocycles. The van der Waals surface area contributed by atoms with Crippen LogP contribution in [0.25, 0.3) is 0 Å². The van der Waals surface area contributed by atoms with Crippen LogP contribution in [0.4, 0.5) is 9.18 Å². The van der Waals surface area contributed by atoms with E-state index in [1.807, 2.05) is 12.1 Å². The first-order valence-electron chi connectivity index (χ1n) is 7.95. The van der Waals surface area contributed by atoms with Gasteiger partial charge in [0.05, 0.1) is 12.3 Å². The summed E-state index contributed by atoms with van der Waals surface area (Å²) < 4.78 is 24.4. The summed E-state index contributed by atoms with van der Waals surface area (Å²) in [7, 11) is 1.65. The number of rotatable bonds is 8. The lowest BCUT2D eigenvalue weighted by Gasteiger charge is -2.25. The number of carbonyl (C=O) groups excluding carboxylic acids is 1. The van der Waals surface area contributed by atoms with Gasteiger partial charge in [-0.15, -0.1) is 0 Å². The first-order chi connectivity index (χ1) is 11.6. The minimum atomic E-state index is -0.346. The highest BCUT2D eigenvalue weighted by molar-refractivity contribution is 5.74. The standard InChI is InChI=1S/C18H23FN2O3/c1-14(16-8-3-4-9-17(16)19)21(2)18(22)20-10-6-11-23-13-15-7-5-12-24-15/h3-5,7-9,12,14H,6,10-11,13H2,1-2H3,(H,20,22). The summed E-state index contributed by atoms with van der Waals surface area (Å²) in [6.07, 6.45) is 2.29. The lowest BCUT2D eigenvalue weighted by Crippen LogP contribution is -2.39. The van der Waals surface area contributed by atoms with E-state index >= 15 is 0 Å². The van der Waals surface area contributed by atoms with Gasteiger partial charge in [-0.1, -0.05) is 18.2 Å². The molecule has 1 N–H and O–H groups in total. The summed E-state index contributed by atoms with van der Waals surface area (Å²) in [6.45, 7) is 3.23. The van der Waals surface area contributed by atoms with E-state index in [1.54, 1.807) is 38.4 Å². The van der Waals surface area contributed by atoms with E-state index in [0.717, 1.165) is 5.76 Å². The van der Waals surface area contributed by atoms with Crippen LogP contribution in [-0.2, 0) is 11.3 Å². The third-order valence-electron chi connectivity index (χ3n) is 3.82. The Morgan fingerprint density at radius 3 is 2.83 bits per heavy atom. The second-order valence-corrected chi connectivity index (χ2v) is 5.53. The second-order valence-electron chi connectivity index (χ2n) is 5.53. The minimum Gasteiger partial charge on any atom is -0.467 e. The molecule has 1 unspecified atom stereocenters. The predicted molar refractivity (Wildman–Crippen MR) is 89.0 cm³/mol. The van der Waals surface area contributed by atoms with Crippen molar-refractivity contribution in [2.75, 3.05) is 20.2 Å². The Balaban J connectivity index is 1.67. The summed E-state index contributed by atoms with van der Waals surface area (Å²) in [6, 6.07) is 9.55. The molecule has 0 saturated carbocycles. The maximum atomic E-state index is 13.8. The molecule has 24 heavy (non-hydrogen) atoms. The predicted octanol–water partition coefficient (Wildman–Crippen LogP) is 3.73. The number of urea groups is 1. The Morgan fingerprint density at radius 1 is 1.33 bits per heavy atom. The third-order valence-corrected chi connectivity index (χ3v) is 3.82. The van der Waals surface area contributed by atoms with Crippen LogP contribution in [0.5, 0.6) is 0 Å². The van der Waals surface area contributed by atoms with Crippen molar-refractivity contribution >= 4 is 6.03 Å². The molecule has 0 aliphatic rings. The van der Waals surface area contributed by atoms with Gasteiger partial charge >= 0.3 is 6.03 Å². The quantitative estimate of drug-likeness (QED) is 0.749. The van der Waals surface area contributed by atoms with Crippen molar-refractivity contribution in [3.63, 3.8) is 0 Å². The van der Waals surface area contributed by atoms with Crippen LogP contribution in [0, 0.1) is 5.82 Å². The number of ether oxygens (including phenoxy) is 1. The first-order valence-corrected chi connectivity index (χ1v) is 7.95. The molecule has 0 aliphatic heterocycles. The Bertz CT molecular complexity index is 631. The van der Waals surface area contributed by atoms with Gasteiger partial charge in [0.1, 0.15) is 18.2 Å². The molecular weight excluding hydrogens is 311 g/mol. The summed E-state index contributed by atoms with van der Waals surface area (Å²) in [5.41, 5.74) is 0.497. The molecular formula is C18H23FN2O3. The van der Waals surface area contributed by atoms with Crippen molar-refractivity contribution in [1.82, 2.24) is 10.2 Å². The molecule has 2 amide bonds. The number of nitrogens with one attached hydrogen (secondary N) is 1. The zero-order chi connectivity index (χ0) is 17.4. The monoisotopic (exact) mass is 334 g/mol. The highest BCUT2D eigenvalue weighted by atomic mass is 19.1.